The predicted molar refractivity (Wildman–Crippen MR) is 34.9 cm³/mol. The maximum atomic E-state index is 10.2. The van der Waals surface area contributed by atoms with Crippen LogP contribution in [0.2, 0.25) is 0 Å². The second-order valence-corrected chi connectivity index (χ2v) is 2.07. The minimum Gasteiger partial charge on any atom is -0.479 e. The number of rotatable bonds is 3. The van der Waals surface area contributed by atoms with Crippen LogP contribution in [0.5, 0.6) is 0 Å². The largest absolute Gasteiger partial charge is 0.479 e. The number of hydrogen-bond donors (Lipinski definition) is 3. The molecule has 0 saturated carbocycles. The van der Waals surface area contributed by atoms with E-state index in [0.717, 1.165) is 17.3 Å². The first-order valence-electron chi connectivity index (χ1n) is 3.06. The predicted octanol–water partition coefficient (Wildman–Crippen LogP) is -1.79. The number of aliphatic carboxylic acids is 1. The standard InChI is InChI=1S/C5H7N3O4/c9-3(5(11)12)4(10)8-2-6-1-7-8/h1-4,9-10H,(H,11,12). The van der Waals surface area contributed by atoms with Gasteiger partial charge in [-0.1, -0.05) is 0 Å². The van der Waals surface area contributed by atoms with Gasteiger partial charge in [0.2, 0.25) is 0 Å². The third-order valence-electron chi connectivity index (χ3n) is 1.24. The zero-order valence-corrected chi connectivity index (χ0v) is 5.90. The first-order chi connectivity index (χ1) is 5.63. The lowest BCUT2D eigenvalue weighted by Crippen LogP contribution is -2.31. The average molecular weight is 173 g/mol. The van der Waals surface area contributed by atoms with Crippen molar-refractivity contribution >= 4 is 5.97 Å². The second kappa shape index (κ2) is 3.28. The molecular weight excluding hydrogens is 166 g/mol. The third kappa shape index (κ3) is 1.57. The summed E-state index contributed by atoms with van der Waals surface area (Å²) in [4.78, 5) is 13.6. The molecule has 0 bridgehead atoms. The molecule has 1 rings (SSSR count). The van der Waals surface area contributed by atoms with Gasteiger partial charge in [-0.3, -0.25) is 0 Å². The Morgan fingerprint density at radius 1 is 1.50 bits per heavy atom. The van der Waals surface area contributed by atoms with Gasteiger partial charge in [-0.15, -0.1) is 0 Å². The molecule has 7 heteroatoms. The smallest absolute Gasteiger partial charge is 0.337 e. The summed E-state index contributed by atoms with van der Waals surface area (Å²) in [6, 6.07) is 0. The molecule has 12 heavy (non-hydrogen) atoms. The highest BCUT2D eigenvalue weighted by atomic mass is 16.4. The molecule has 0 fully saturated rings. The number of hydrogen-bond acceptors (Lipinski definition) is 5. The topological polar surface area (TPSA) is 108 Å². The molecule has 0 aliphatic rings. The molecule has 7 nitrogen and oxygen atoms in total. The molecule has 1 aromatic heterocycles. The Hall–Kier alpha value is -1.47. The highest BCUT2D eigenvalue weighted by Gasteiger charge is 2.25. The van der Waals surface area contributed by atoms with Crippen LogP contribution in [0, 0.1) is 0 Å². The number of carboxylic acid groups (broad SMARTS) is 1. The maximum Gasteiger partial charge on any atom is 0.337 e. The number of carbonyl (C=O) groups is 1. The van der Waals surface area contributed by atoms with Crippen molar-refractivity contribution in [3.8, 4) is 0 Å². The number of aromatic nitrogens is 3. The molecule has 0 spiro atoms. The summed E-state index contributed by atoms with van der Waals surface area (Å²) in [6.07, 6.45) is -1.27. The Bertz CT molecular complexity index is 260. The van der Waals surface area contributed by atoms with E-state index in [2.05, 4.69) is 10.1 Å². The quantitative estimate of drug-likeness (QED) is 0.498. The van der Waals surface area contributed by atoms with Gasteiger partial charge in [-0.05, 0) is 0 Å². The summed E-state index contributed by atoms with van der Waals surface area (Å²) in [5.41, 5.74) is 0. The lowest BCUT2D eigenvalue weighted by atomic mass is 10.3. The highest BCUT2D eigenvalue weighted by molar-refractivity contribution is 5.72. The summed E-state index contributed by atoms with van der Waals surface area (Å²) >= 11 is 0. The van der Waals surface area contributed by atoms with Crippen molar-refractivity contribution < 1.29 is 20.1 Å². The third-order valence-corrected chi connectivity index (χ3v) is 1.24. The Morgan fingerprint density at radius 3 is 2.58 bits per heavy atom. The van der Waals surface area contributed by atoms with Crippen molar-refractivity contribution in [3.05, 3.63) is 12.7 Å². The van der Waals surface area contributed by atoms with Gasteiger partial charge < -0.3 is 15.3 Å². The first-order valence-corrected chi connectivity index (χ1v) is 3.06. The minimum atomic E-state index is -1.90. The van der Waals surface area contributed by atoms with Gasteiger partial charge in [0.15, 0.2) is 12.3 Å². The SMILES string of the molecule is O=C(O)C(O)C(O)n1cncn1. The van der Waals surface area contributed by atoms with E-state index in [1.807, 2.05) is 0 Å². The zero-order chi connectivity index (χ0) is 9.14. The van der Waals surface area contributed by atoms with Gasteiger partial charge in [0.05, 0.1) is 0 Å². The van der Waals surface area contributed by atoms with Crippen LogP contribution in [0.15, 0.2) is 12.7 Å². The molecule has 66 valence electrons. The minimum absolute atomic E-state index is 0.846. The van der Waals surface area contributed by atoms with Crippen molar-refractivity contribution in [2.24, 2.45) is 0 Å². The summed E-state index contributed by atoms with van der Waals surface area (Å²) in [5, 5.41) is 29.6. The number of aliphatic hydroxyl groups is 2. The molecule has 0 aliphatic carbocycles. The van der Waals surface area contributed by atoms with Crippen LogP contribution < -0.4 is 0 Å². The maximum absolute atomic E-state index is 10.2. The summed E-state index contributed by atoms with van der Waals surface area (Å²) in [5.74, 6) is -1.52. The normalized spacial score (nSPS) is 15.5. The number of nitrogens with zero attached hydrogens (tertiary/aromatic N) is 3. The Kier molecular flexibility index (Phi) is 2.36. The fraction of sp³-hybridized carbons (Fsp3) is 0.400. The van der Waals surface area contributed by atoms with Gasteiger partial charge in [-0.2, -0.15) is 5.10 Å². The van der Waals surface area contributed by atoms with Crippen LogP contribution in [0.25, 0.3) is 0 Å². The van der Waals surface area contributed by atoms with E-state index in [-0.39, 0.29) is 0 Å². The summed E-state index contributed by atoms with van der Waals surface area (Å²) < 4.78 is 0.846. The van der Waals surface area contributed by atoms with E-state index in [4.69, 9.17) is 15.3 Å². The number of aliphatic hydroxyl groups excluding tert-OH is 2. The van der Waals surface area contributed by atoms with Crippen LogP contribution in [0.1, 0.15) is 6.23 Å². The van der Waals surface area contributed by atoms with Gasteiger partial charge in [0.25, 0.3) is 0 Å². The molecule has 1 aromatic rings. The fourth-order valence-corrected chi connectivity index (χ4v) is 0.626. The van der Waals surface area contributed by atoms with Crippen molar-refractivity contribution in [2.75, 3.05) is 0 Å². The van der Waals surface area contributed by atoms with Crippen LogP contribution in [0.3, 0.4) is 0 Å². The Morgan fingerprint density at radius 2 is 2.17 bits per heavy atom. The molecule has 1 heterocycles. The molecule has 2 unspecified atom stereocenters. The van der Waals surface area contributed by atoms with E-state index in [9.17, 15) is 4.79 Å². The van der Waals surface area contributed by atoms with Crippen molar-refractivity contribution in [2.45, 2.75) is 12.3 Å². The van der Waals surface area contributed by atoms with E-state index in [1.165, 1.54) is 0 Å². The molecule has 0 radical (unpaired) electrons. The van der Waals surface area contributed by atoms with Crippen LogP contribution >= 0.6 is 0 Å². The van der Waals surface area contributed by atoms with E-state index < -0.39 is 18.3 Å². The van der Waals surface area contributed by atoms with Gasteiger partial charge >= 0.3 is 5.97 Å². The Labute approximate surface area is 66.9 Å². The van der Waals surface area contributed by atoms with Gasteiger partial charge in [-0.25, -0.2) is 14.5 Å². The van der Waals surface area contributed by atoms with E-state index in [0.29, 0.717) is 0 Å². The Balaban J connectivity index is 2.71. The summed E-state index contributed by atoms with van der Waals surface area (Å²) in [7, 11) is 0. The van der Waals surface area contributed by atoms with Crippen molar-refractivity contribution in [1.82, 2.24) is 14.8 Å². The molecular formula is C5H7N3O4. The van der Waals surface area contributed by atoms with Crippen LogP contribution in [-0.2, 0) is 4.79 Å². The van der Waals surface area contributed by atoms with Gasteiger partial charge in [0.1, 0.15) is 12.7 Å². The molecule has 0 aromatic carbocycles. The van der Waals surface area contributed by atoms with Crippen LogP contribution in [0.4, 0.5) is 0 Å². The van der Waals surface area contributed by atoms with Gasteiger partial charge in [0, 0.05) is 0 Å². The summed E-state index contributed by atoms with van der Waals surface area (Å²) in [6.45, 7) is 0. The van der Waals surface area contributed by atoms with Crippen LogP contribution in [-0.4, -0.2) is 42.2 Å². The lowest BCUT2D eigenvalue weighted by molar-refractivity contribution is -0.157. The fourth-order valence-electron chi connectivity index (χ4n) is 0.626. The second-order valence-electron chi connectivity index (χ2n) is 2.07. The average Bonchev–Trinajstić information content (AvgIpc) is 2.53. The van der Waals surface area contributed by atoms with Crippen molar-refractivity contribution in [3.63, 3.8) is 0 Å². The monoisotopic (exact) mass is 173 g/mol. The molecule has 3 N–H and O–H groups in total. The van der Waals surface area contributed by atoms with Crippen molar-refractivity contribution in [1.29, 1.82) is 0 Å². The van der Waals surface area contributed by atoms with E-state index in [1.54, 1.807) is 0 Å². The molecule has 0 amide bonds. The number of carboxylic acids is 1. The lowest BCUT2D eigenvalue weighted by Gasteiger charge is -2.12. The molecule has 2 atom stereocenters. The zero-order valence-electron chi connectivity index (χ0n) is 5.90. The highest BCUT2D eigenvalue weighted by Crippen LogP contribution is 2.04. The first kappa shape index (κ1) is 8.62. The van der Waals surface area contributed by atoms with E-state index >= 15 is 0 Å². The molecule has 0 aliphatic heterocycles. The molecule has 0 saturated heterocycles.